The van der Waals surface area contributed by atoms with E-state index in [0.29, 0.717) is 0 Å². The van der Waals surface area contributed by atoms with Gasteiger partial charge in [-0.15, -0.1) is 11.3 Å². The Kier molecular flexibility index (Phi) is 2.64. The van der Waals surface area contributed by atoms with Crippen LogP contribution >= 0.6 is 11.3 Å². The maximum Gasteiger partial charge on any atom is 0.306 e. The highest BCUT2D eigenvalue weighted by molar-refractivity contribution is 7.89. The summed E-state index contributed by atoms with van der Waals surface area (Å²) in [7, 11) is -3.45. The highest BCUT2D eigenvalue weighted by Gasteiger charge is 2.14. The van der Waals surface area contributed by atoms with Crippen molar-refractivity contribution in [3.05, 3.63) is 17.5 Å². The van der Waals surface area contributed by atoms with Crippen molar-refractivity contribution in [3.8, 4) is 0 Å². The van der Waals surface area contributed by atoms with Gasteiger partial charge in [-0.1, -0.05) is 6.07 Å². The van der Waals surface area contributed by atoms with Gasteiger partial charge in [-0.3, -0.25) is 4.18 Å². The second kappa shape index (κ2) is 3.34. The van der Waals surface area contributed by atoms with E-state index in [4.69, 9.17) is 0 Å². The van der Waals surface area contributed by atoms with Gasteiger partial charge in [-0.25, -0.2) is 0 Å². The summed E-state index contributed by atoms with van der Waals surface area (Å²) in [5.41, 5.74) is 0. The molecule has 1 aromatic rings. The molecule has 0 saturated carbocycles. The zero-order valence-electron chi connectivity index (χ0n) is 5.98. The van der Waals surface area contributed by atoms with Crippen molar-refractivity contribution in [2.24, 2.45) is 0 Å². The summed E-state index contributed by atoms with van der Waals surface area (Å²) in [4.78, 5) is 0. The second-order valence-electron chi connectivity index (χ2n) is 1.79. The minimum absolute atomic E-state index is 0.181. The molecule has 0 aliphatic heterocycles. The van der Waals surface area contributed by atoms with E-state index in [2.05, 4.69) is 4.18 Å². The zero-order valence-corrected chi connectivity index (χ0v) is 7.61. The molecule has 0 bridgehead atoms. The van der Waals surface area contributed by atoms with Gasteiger partial charge in [0, 0.05) is 0 Å². The lowest BCUT2D eigenvalue weighted by Gasteiger charge is -1.97. The molecule has 1 heterocycles. The van der Waals surface area contributed by atoms with Crippen LogP contribution in [0.4, 0.5) is 0 Å². The van der Waals surface area contributed by atoms with E-state index < -0.39 is 10.1 Å². The normalized spacial score (nSPS) is 11.7. The van der Waals surface area contributed by atoms with Crippen LogP contribution < -0.4 is 0 Å². The summed E-state index contributed by atoms with van der Waals surface area (Å²) >= 11 is 1.16. The van der Waals surface area contributed by atoms with Crippen LogP contribution in [0.1, 0.15) is 6.92 Å². The maximum absolute atomic E-state index is 11.1. The highest BCUT2D eigenvalue weighted by atomic mass is 32.3. The molecule has 3 nitrogen and oxygen atoms in total. The molecule has 0 aliphatic rings. The number of thiophene rings is 1. The second-order valence-corrected chi connectivity index (χ2v) is 4.58. The molecule has 0 unspecified atom stereocenters. The fraction of sp³-hybridized carbons (Fsp3) is 0.333. The van der Waals surface area contributed by atoms with Crippen LogP contribution in [0.15, 0.2) is 21.7 Å². The smallest absolute Gasteiger partial charge is 0.266 e. The molecular weight excluding hydrogens is 184 g/mol. The quantitative estimate of drug-likeness (QED) is 0.681. The van der Waals surface area contributed by atoms with E-state index in [1.807, 2.05) is 0 Å². The largest absolute Gasteiger partial charge is 0.306 e. The van der Waals surface area contributed by atoms with Crippen LogP contribution in [-0.2, 0) is 14.3 Å². The predicted octanol–water partition coefficient (Wildman–Crippen LogP) is 1.47. The first-order chi connectivity index (χ1) is 5.17. The Balaban J connectivity index is 2.92. The van der Waals surface area contributed by atoms with Gasteiger partial charge in [0.1, 0.15) is 4.21 Å². The third kappa shape index (κ3) is 2.02. The molecule has 0 fully saturated rings. The Morgan fingerprint density at radius 3 is 2.82 bits per heavy atom. The van der Waals surface area contributed by atoms with Gasteiger partial charge < -0.3 is 0 Å². The molecule has 0 radical (unpaired) electrons. The topological polar surface area (TPSA) is 43.4 Å². The van der Waals surface area contributed by atoms with Gasteiger partial charge in [-0.05, 0) is 18.4 Å². The third-order valence-electron chi connectivity index (χ3n) is 1.01. The van der Waals surface area contributed by atoms with Crippen LogP contribution in [0.5, 0.6) is 0 Å². The minimum atomic E-state index is -3.45. The van der Waals surface area contributed by atoms with Crippen molar-refractivity contribution in [3.63, 3.8) is 0 Å². The van der Waals surface area contributed by atoms with Gasteiger partial charge in [-0.2, -0.15) is 8.42 Å². The molecule has 0 aliphatic carbocycles. The first-order valence-electron chi connectivity index (χ1n) is 3.10. The molecule has 0 amide bonds. The minimum Gasteiger partial charge on any atom is -0.266 e. The molecule has 0 atom stereocenters. The molecule has 11 heavy (non-hydrogen) atoms. The van der Waals surface area contributed by atoms with Crippen molar-refractivity contribution in [1.29, 1.82) is 0 Å². The van der Waals surface area contributed by atoms with Crippen LogP contribution in [0.2, 0.25) is 0 Å². The SMILES string of the molecule is CCOS(=O)(=O)c1cccs1. The summed E-state index contributed by atoms with van der Waals surface area (Å²) in [6.07, 6.45) is 0. The Hall–Kier alpha value is -0.390. The molecule has 1 aromatic heterocycles. The van der Waals surface area contributed by atoms with Crippen molar-refractivity contribution < 1.29 is 12.6 Å². The number of hydrogen-bond acceptors (Lipinski definition) is 4. The Bertz CT molecular complexity index is 299. The van der Waals surface area contributed by atoms with E-state index in [1.54, 1.807) is 18.4 Å². The molecule has 0 aromatic carbocycles. The van der Waals surface area contributed by atoms with Gasteiger partial charge in [0.05, 0.1) is 6.61 Å². The molecule has 62 valence electrons. The average Bonchev–Trinajstić information content (AvgIpc) is 2.37. The van der Waals surface area contributed by atoms with Crippen LogP contribution in [-0.4, -0.2) is 15.0 Å². The molecule has 0 N–H and O–H groups in total. The van der Waals surface area contributed by atoms with Crippen molar-refractivity contribution in [2.45, 2.75) is 11.1 Å². The summed E-state index contributed by atoms with van der Waals surface area (Å²) < 4.78 is 27.0. The summed E-state index contributed by atoms with van der Waals surface area (Å²) in [5, 5.41) is 1.70. The van der Waals surface area contributed by atoms with E-state index in [9.17, 15) is 8.42 Å². The van der Waals surface area contributed by atoms with Crippen molar-refractivity contribution >= 4 is 21.5 Å². The molecular formula is C6H8O3S2. The van der Waals surface area contributed by atoms with Crippen molar-refractivity contribution in [2.75, 3.05) is 6.61 Å². The van der Waals surface area contributed by atoms with E-state index in [0.717, 1.165) is 11.3 Å². The zero-order chi connectivity index (χ0) is 8.32. The number of hydrogen-bond donors (Lipinski definition) is 0. The molecule has 0 spiro atoms. The standard InChI is InChI=1S/C6H8O3S2/c1-2-9-11(7,8)6-4-3-5-10-6/h3-5H,2H2,1H3. The Morgan fingerprint density at radius 1 is 1.64 bits per heavy atom. The molecule has 0 saturated heterocycles. The third-order valence-corrected chi connectivity index (χ3v) is 3.75. The summed E-state index contributed by atoms with van der Waals surface area (Å²) in [5.74, 6) is 0. The molecule has 5 heteroatoms. The van der Waals surface area contributed by atoms with Crippen molar-refractivity contribution in [1.82, 2.24) is 0 Å². The Morgan fingerprint density at radius 2 is 2.36 bits per heavy atom. The Labute approximate surface area is 69.7 Å². The van der Waals surface area contributed by atoms with E-state index in [-0.39, 0.29) is 10.8 Å². The van der Waals surface area contributed by atoms with E-state index >= 15 is 0 Å². The monoisotopic (exact) mass is 192 g/mol. The summed E-state index contributed by atoms with van der Waals surface area (Å²) in [6, 6.07) is 3.20. The fourth-order valence-corrected chi connectivity index (χ4v) is 2.52. The first kappa shape index (κ1) is 8.70. The average molecular weight is 192 g/mol. The lowest BCUT2D eigenvalue weighted by molar-refractivity contribution is 0.339. The van der Waals surface area contributed by atoms with E-state index in [1.165, 1.54) is 6.07 Å². The van der Waals surface area contributed by atoms with Crippen LogP contribution in [0.25, 0.3) is 0 Å². The highest BCUT2D eigenvalue weighted by Crippen LogP contribution is 2.17. The van der Waals surface area contributed by atoms with Gasteiger partial charge in [0.25, 0.3) is 0 Å². The lowest BCUT2D eigenvalue weighted by Crippen LogP contribution is -2.03. The predicted molar refractivity (Wildman–Crippen MR) is 43.1 cm³/mol. The van der Waals surface area contributed by atoms with Gasteiger partial charge in [0.15, 0.2) is 0 Å². The fourth-order valence-electron chi connectivity index (χ4n) is 0.619. The van der Waals surface area contributed by atoms with Crippen LogP contribution in [0.3, 0.4) is 0 Å². The first-order valence-corrected chi connectivity index (χ1v) is 5.38. The number of rotatable bonds is 3. The van der Waals surface area contributed by atoms with Gasteiger partial charge in [0.2, 0.25) is 0 Å². The molecule has 1 rings (SSSR count). The lowest BCUT2D eigenvalue weighted by atomic mass is 10.7. The van der Waals surface area contributed by atoms with Crippen LogP contribution in [0, 0.1) is 0 Å². The van der Waals surface area contributed by atoms with Gasteiger partial charge >= 0.3 is 10.1 Å². The maximum atomic E-state index is 11.1. The summed E-state index contributed by atoms with van der Waals surface area (Å²) in [6.45, 7) is 1.82.